The lowest BCUT2D eigenvalue weighted by atomic mass is 10.1. The Morgan fingerprint density at radius 1 is 1.25 bits per heavy atom. The molecular weight excluding hydrogens is 198 g/mol. The molecule has 3 heteroatoms. The molecule has 1 rings (SSSR count). The Morgan fingerprint density at radius 2 is 2.00 bits per heavy atom. The average Bonchev–Trinajstić information content (AvgIpc) is 2.76. The van der Waals surface area contributed by atoms with Crippen molar-refractivity contribution in [3.8, 4) is 0 Å². The lowest BCUT2D eigenvalue weighted by molar-refractivity contribution is 0.519. The number of hydrogen-bond acceptors (Lipinski definition) is 2. The molecule has 1 aromatic heterocycles. The average molecular weight is 223 g/mol. The molecule has 0 saturated heterocycles. The molecule has 0 fully saturated rings. The van der Waals surface area contributed by atoms with Crippen LogP contribution in [0.5, 0.6) is 0 Å². The second-order valence-corrected chi connectivity index (χ2v) is 4.38. The maximum absolute atomic E-state index is 6.15. The lowest BCUT2D eigenvalue weighted by Gasteiger charge is -2.12. The number of hydrogen-bond donors (Lipinski definition) is 1. The van der Waals surface area contributed by atoms with Crippen molar-refractivity contribution in [2.24, 2.45) is 5.73 Å². The van der Waals surface area contributed by atoms with E-state index in [9.17, 15) is 0 Å². The molecule has 16 heavy (non-hydrogen) atoms. The molecule has 1 unspecified atom stereocenters. The Balaban J connectivity index is 2.27. The molecule has 0 aliphatic carbocycles. The third kappa shape index (κ3) is 3.97. The number of unbranched alkanes of at least 4 members (excludes halogenated alkanes) is 4. The van der Waals surface area contributed by atoms with Crippen LogP contribution in [0.4, 0.5) is 0 Å². The molecule has 0 radical (unpaired) electrons. The Kier molecular flexibility index (Phi) is 6.16. The van der Waals surface area contributed by atoms with Gasteiger partial charge in [0.05, 0.1) is 6.04 Å². The van der Waals surface area contributed by atoms with Gasteiger partial charge in [-0.3, -0.25) is 0 Å². The highest BCUT2D eigenvalue weighted by atomic mass is 15.1. The minimum absolute atomic E-state index is 0.108. The molecule has 1 heterocycles. The Bertz CT molecular complexity index is 280. The first-order valence-corrected chi connectivity index (χ1v) is 6.56. The van der Waals surface area contributed by atoms with E-state index in [4.69, 9.17) is 5.73 Å². The summed E-state index contributed by atoms with van der Waals surface area (Å²) in [5.74, 6) is 1.04. The van der Waals surface area contributed by atoms with Gasteiger partial charge in [-0.2, -0.15) is 0 Å². The summed E-state index contributed by atoms with van der Waals surface area (Å²) >= 11 is 0. The third-order valence-corrected chi connectivity index (χ3v) is 3.04. The largest absolute Gasteiger partial charge is 0.334 e. The first-order valence-electron chi connectivity index (χ1n) is 6.56. The zero-order valence-electron chi connectivity index (χ0n) is 10.7. The second-order valence-electron chi connectivity index (χ2n) is 4.38. The molecule has 1 atom stereocenters. The summed E-state index contributed by atoms with van der Waals surface area (Å²) in [4.78, 5) is 4.34. The van der Waals surface area contributed by atoms with Crippen LogP contribution >= 0.6 is 0 Å². The summed E-state index contributed by atoms with van der Waals surface area (Å²) in [5, 5.41) is 0. The maximum Gasteiger partial charge on any atom is 0.125 e. The summed E-state index contributed by atoms with van der Waals surface area (Å²) in [7, 11) is 0. The van der Waals surface area contributed by atoms with E-state index < -0.39 is 0 Å². The number of rotatable bonds is 8. The van der Waals surface area contributed by atoms with Crippen molar-refractivity contribution in [2.45, 2.75) is 65.0 Å². The Labute approximate surface area is 99.1 Å². The maximum atomic E-state index is 6.15. The molecule has 0 spiro atoms. The molecule has 92 valence electrons. The standard InChI is InChI=1S/C13H25N3/c1-3-5-6-7-8-9-12(14)13-15-10-11-16(13)4-2/h10-12H,3-9,14H2,1-2H3. The van der Waals surface area contributed by atoms with Crippen molar-refractivity contribution < 1.29 is 0 Å². The molecule has 0 aliphatic heterocycles. The topological polar surface area (TPSA) is 43.8 Å². The highest BCUT2D eigenvalue weighted by Gasteiger charge is 2.10. The van der Waals surface area contributed by atoms with E-state index in [1.807, 2.05) is 12.4 Å². The predicted molar refractivity (Wildman–Crippen MR) is 68.2 cm³/mol. The number of aryl methyl sites for hydroxylation is 1. The van der Waals surface area contributed by atoms with Crippen LogP contribution in [0.2, 0.25) is 0 Å². The van der Waals surface area contributed by atoms with Crippen molar-refractivity contribution in [3.63, 3.8) is 0 Å². The van der Waals surface area contributed by atoms with Crippen LogP contribution in [0, 0.1) is 0 Å². The van der Waals surface area contributed by atoms with Gasteiger partial charge >= 0.3 is 0 Å². The van der Waals surface area contributed by atoms with Gasteiger partial charge in [0.15, 0.2) is 0 Å². The summed E-state index contributed by atoms with van der Waals surface area (Å²) < 4.78 is 2.14. The van der Waals surface area contributed by atoms with Gasteiger partial charge in [-0.05, 0) is 13.3 Å². The van der Waals surface area contributed by atoms with Crippen molar-refractivity contribution in [1.29, 1.82) is 0 Å². The number of nitrogens with two attached hydrogens (primary N) is 1. The monoisotopic (exact) mass is 223 g/mol. The summed E-state index contributed by atoms with van der Waals surface area (Å²) in [6.07, 6.45) is 11.4. The van der Waals surface area contributed by atoms with E-state index in [0.717, 1.165) is 18.8 Å². The van der Waals surface area contributed by atoms with Crippen molar-refractivity contribution in [1.82, 2.24) is 9.55 Å². The van der Waals surface area contributed by atoms with Gasteiger partial charge < -0.3 is 10.3 Å². The number of nitrogens with zero attached hydrogens (tertiary/aromatic N) is 2. The van der Waals surface area contributed by atoms with Crippen LogP contribution in [0.15, 0.2) is 12.4 Å². The van der Waals surface area contributed by atoms with Gasteiger partial charge in [0, 0.05) is 18.9 Å². The third-order valence-electron chi connectivity index (χ3n) is 3.04. The molecule has 0 saturated carbocycles. The van der Waals surface area contributed by atoms with E-state index in [-0.39, 0.29) is 6.04 Å². The molecule has 0 amide bonds. The van der Waals surface area contributed by atoms with Crippen molar-refractivity contribution >= 4 is 0 Å². The second kappa shape index (κ2) is 7.44. The smallest absolute Gasteiger partial charge is 0.125 e. The van der Waals surface area contributed by atoms with E-state index >= 15 is 0 Å². The normalized spacial score (nSPS) is 12.9. The fourth-order valence-electron chi connectivity index (χ4n) is 2.01. The molecule has 1 aromatic rings. The van der Waals surface area contributed by atoms with Crippen LogP contribution in [0.3, 0.4) is 0 Å². The summed E-state index contributed by atoms with van der Waals surface area (Å²) in [6.45, 7) is 5.32. The molecule has 0 aromatic carbocycles. The SMILES string of the molecule is CCCCCCCC(N)c1nccn1CC. The van der Waals surface area contributed by atoms with Gasteiger partial charge in [0.25, 0.3) is 0 Å². The fourth-order valence-corrected chi connectivity index (χ4v) is 2.01. The summed E-state index contributed by atoms with van der Waals surface area (Å²) in [5.41, 5.74) is 6.15. The van der Waals surface area contributed by atoms with Gasteiger partial charge in [0.1, 0.15) is 5.82 Å². The van der Waals surface area contributed by atoms with Gasteiger partial charge in [0.2, 0.25) is 0 Å². The highest BCUT2D eigenvalue weighted by Crippen LogP contribution is 2.16. The van der Waals surface area contributed by atoms with Crippen molar-refractivity contribution in [2.75, 3.05) is 0 Å². The summed E-state index contributed by atoms with van der Waals surface area (Å²) in [6, 6.07) is 0.108. The van der Waals surface area contributed by atoms with Gasteiger partial charge in [-0.15, -0.1) is 0 Å². The minimum atomic E-state index is 0.108. The predicted octanol–water partition coefficient (Wildman–Crippen LogP) is 3.26. The van der Waals surface area contributed by atoms with Gasteiger partial charge in [-0.1, -0.05) is 39.0 Å². The Morgan fingerprint density at radius 3 is 2.69 bits per heavy atom. The molecule has 0 aliphatic rings. The fraction of sp³-hybridized carbons (Fsp3) is 0.769. The quantitative estimate of drug-likeness (QED) is 0.687. The molecule has 2 N–H and O–H groups in total. The van der Waals surface area contributed by atoms with Crippen LogP contribution in [-0.4, -0.2) is 9.55 Å². The minimum Gasteiger partial charge on any atom is -0.334 e. The number of imidazole rings is 1. The van der Waals surface area contributed by atoms with E-state index in [2.05, 4.69) is 23.4 Å². The van der Waals surface area contributed by atoms with Crippen LogP contribution < -0.4 is 5.73 Å². The first kappa shape index (κ1) is 13.2. The van der Waals surface area contributed by atoms with E-state index in [0.29, 0.717) is 0 Å². The van der Waals surface area contributed by atoms with Gasteiger partial charge in [-0.25, -0.2) is 4.98 Å². The molecular formula is C13H25N3. The zero-order chi connectivity index (χ0) is 11.8. The van der Waals surface area contributed by atoms with Crippen LogP contribution in [0.25, 0.3) is 0 Å². The van der Waals surface area contributed by atoms with Crippen molar-refractivity contribution in [3.05, 3.63) is 18.2 Å². The van der Waals surface area contributed by atoms with Crippen LogP contribution in [0.1, 0.15) is 64.2 Å². The van der Waals surface area contributed by atoms with E-state index in [1.165, 1.54) is 32.1 Å². The van der Waals surface area contributed by atoms with E-state index in [1.54, 1.807) is 0 Å². The van der Waals surface area contributed by atoms with Crippen LogP contribution in [-0.2, 0) is 6.54 Å². The molecule has 0 bridgehead atoms. The number of aromatic nitrogens is 2. The Hall–Kier alpha value is -0.830. The molecule has 3 nitrogen and oxygen atoms in total. The lowest BCUT2D eigenvalue weighted by Crippen LogP contribution is -2.16. The highest BCUT2D eigenvalue weighted by molar-refractivity contribution is 4.98. The zero-order valence-corrected chi connectivity index (χ0v) is 10.7. The first-order chi connectivity index (χ1) is 7.79.